The van der Waals surface area contributed by atoms with E-state index in [1.165, 1.54) is 7.11 Å². The van der Waals surface area contributed by atoms with E-state index < -0.39 is 11.9 Å². The lowest BCUT2D eigenvalue weighted by Crippen LogP contribution is -2.28. The van der Waals surface area contributed by atoms with E-state index in [0.29, 0.717) is 18.4 Å². The SMILES string of the molecule is COc1ccnc(NCC(C(=O)O)C(C)C)n1. The van der Waals surface area contributed by atoms with Crippen molar-refractivity contribution < 1.29 is 14.6 Å². The van der Waals surface area contributed by atoms with Crippen LogP contribution in [0, 0.1) is 11.8 Å². The van der Waals surface area contributed by atoms with Gasteiger partial charge in [-0.3, -0.25) is 4.79 Å². The molecule has 0 spiro atoms. The number of ether oxygens (including phenoxy) is 1. The van der Waals surface area contributed by atoms with Gasteiger partial charge in [-0.05, 0) is 5.92 Å². The molecule has 1 rings (SSSR count). The molecule has 1 unspecified atom stereocenters. The van der Waals surface area contributed by atoms with Gasteiger partial charge >= 0.3 is 5.97 Å². The van der Waals surface area contributed by atoms with E-state index >= 15 is 0 Å². The van der Waals surface area contributed by atoms with E-state index in [2.05, 4.69) is 15.3 Å². The van der Waals surface area contributed by atoms with Gasteiger partial charge in [0.1, 0.15) is 0 Å². The second kappa shape index (κ2) is 6.03. The summed E-state index contributed by atoms with van der Waals surface area (Å²) in [5.41, 5.74) is 0. The summed E-state index contributed by atoms with van der Waals surface area (Å²) in [5.74, 6) is -0.430. The zero-order chi connectivity index (χ0) is 12.8. The molecule has 0 bridgehead atoms. The first-order valence-corrected chi connectivity index (χ1v) is 5.38. The minimum absolute atomic E-state index is 0.0469. The summed E-state index contributed by atoms with van der Waals surface area (Å²) in [5, 5.41) is 11.9. The van der Waals surface area contributed by atoms with Gasteiger partial charge in [0.2, 0.25) is 11.8 Å². The second-order valence-electron chi connectivity index (χ2n) is 3.99. The van der Waals surface area contributed by atoms with Crippen LogP contribution in [0.1, 0.15) is 13.8 Å². The van der Waals surface area contributed by atoms with Gasteiger partial charge in [0, 0.05) is 18.8 Å². The molecule has 0 saturated carbocycles. The molecule has 0 saturated heterocycles. The lowest BCUT2D eigenvalue weighted by atomic mass is 9.96. The molecule has 17 heavy (non-hydrogen) atoms. The molecule has 6 nitrogen and oxygen atoms in total. The highest BCUT2D eigenvalue weighted by Crippen LogP contribution is 2.13. The van der Waals surface area contributed by atoms with Crippen molar-refractivity contribution in [1.82, 2.24) is 9.97 Å². The average Bonchev–Trinajstić information content (AvgIpc) is 2.28. The van der Waals surface area contributed by atoms with Crippen molar-refractivity contribution in [3.8, 4) is 5.88 Å². The number of carboxylic acid groups (broad SMARTS) is 1. The summed E-state index contributed by atoms with van der Waals surface area (Å²) in [4.78, 5) is 19.0. The zero-order valence-electron chi connectivity index (χ0n) is 10.2. The number of hydrogen-bond donors (Lipinski definition) is 2. The Kier molecular flexibility index (Phi) is 4.68. The Morgan fingerprint density at radius 2 is 2.29 bits per heavy atom. The maximum absolute atomic E-state index is 11.0. The van der Waals surface area contributed by atoms with E-state index in [4.69, 9.17) is 9.84 Å². The van der Waals surface area contributed by atoms with E-state index in [1.54, 1.807) is 12.3 Å². The van der Waals surface area contributed by atoms with Crippen LogP contribution in [0.3, 0.4) is 0 Å². The van der Waals surface area contributed by atoms with Gasteiger partial charge in [-0.1, -0.05) is 13.8 Å². The first kappa shape index (κ1) is 13.2. The Bertz CT molecular complexity index is 382. The van der Waals surface area contributed by atoms with Gasteiger partial charge in [-0.2, -0.15) is 4.98 Å². The highest BCUT2D eigenvalue weighted by molar-refractivity contribution is 5.71. The molecule has 0 aliphatic carbocycles. The van der Waals surface area contributed by atoms with Crippen LogP contribution in [0.2, 0.25) is 0 Å². The minimum Gasteiger partial charge on any atom is -0.481 e. The number of methoxy groups -OCH3 is 1. The molecule has 0 aliphatic heterocycles. The number of nitrogens with one attached hydrogen (secondary N) is 1. The molecule has 0 aromatic carbocycles. The van der Waals surface area contributed by atoms with Crippen LogP contribution >= 0.6 is 0 Å². The van der Waals surface area contributed by atoms with Crippen LogP contribution in [0.4, 0.5) is 5.95 Å². The van der Waals surface area contributed by atoms with Crippen LogP contribution in [0.15, 0.2) is 12.3 Å². The van der Waals surface area contributed by atoms with Crippen LogP contribution in [-0.2, 0) is 4.79 Å². The standard InChI is InChI=1S/C11H17N3O3/c1-7(2)8(10(15)16)6-13-11-12-5-4-9(14-11)17-3/h4-5,7-8H,6H2,1-3H3,(H,15,16)(H,12,13,14). The number of rotatable bonds is 6. The van der Waals surface area contributed by atoms with Gasteiger partial charge in [-0.25, -0.2) is 4.98 Å². The number of carbonyl (C=O) groups is 1. The lowest BCUT2D eigenvalue weighted by Gasteiger charge is -2.16. The van der Waals surface area contributed by atoms with E-state index in [0.717, 1.165) is 0 Å². The van der Waals surface area contributed by atoms with Crippen LogP contribution in [0.25, 0.3) is 0 Å². The molecular formula is C11H17N3O3. The van der Waals surface area contributed by atoms with Crippen LogP contribution < -0.4 is 10.1 Å². The van der Waals surface area contributed by atoms with Crippen molar-refractivity contribution in [3.63, 3.8) is 0 Å². The van der Waals surface area contributed by atoms with Crippen molar-refractivity contribution in [1.29, 1.82) is 0 Å². The maximum Gasteiger partial charge on any atom is 0.308 e. The number of hydrogen-bond acceptors (Lipinski definition) is 5. The summed E-state index contributed by atoms with van der Waals surface area (Å²) >= 11 is 0. The molecule has 0 aliphatic rings. The van der Waals surface area contributed by atoms with Gasteiger partial charge in [0.15, 0.2) is 0 Å². The molecular weight excluding hydrogens is 222 g/mol. The summed E-state index contributed by atoms with van der Waals surface area (Å²) in [7, 11) is 1.51. The highest BCUT2D eigenvalue weighted by atomic mass is 16.5. The summed E-state index contributed by atoms with van der Waals surface area (Å²) in [6.45, 7) is 4.03. The van der Waals surface area contributed by atoms with Gasteiger partial charge in [-0.15, -0.1) is 0 Å². The maximum atomic E-state index is 11.0. The minimum atomic E-state index is -0.824. The van der Waals surface area contributed by atoms with Crippen molar-refractivity contribution in [3.05, 3.63) is 12.3 Å². The number of aromatic nitrogens is 2. The van der Waals surface area contributed by atoms with Crippen LogP contribution in [0.5, 0.6) is 5.88 Å². The smallest absolute Gasteiger partial charge is 0.308 e. The topological polar surface area (TPSA) is 84.3 Å². The fourth-order valence-corrected chi connectivity index (χ4v) is 1.35. The third kappa shape index (κ3) is 3.90. The molecule has 1 aromatic heterocycles. The van der Waals surface area contributed by atoms with Crippen molar-refractivity contribution in [2.45, 2.75) is 13.8 Å². The first-order valence-electron chi connectivity index (χ1n) is 5.38. The van der Waals surface area contributed by atoms with Gasteiger partial charge in [0.25, 0.3) is 0 Å². The summed E-state index contributed by atoms with van der Waals surface area (Å²) in [6.07, 6.45) is 1.55. The number of anilines is 1. The molecule has 94 valence electrons. The Hall–Kier alpha value is -1.85. The fourth-order valence-electron chi connectivity index (χ4n) is 1.35. The molecule has 1 heterocycles. The van der Waals surface area contributed by atoms with Gasteiger partial charge < -0.3 is 15.2 Å². The Balaban J connectivity index is 2.62. The second-order valence-corrected chi connectivity index (χ2v) is 3.99. The quantitative estimate of drug-likeness (QED) is 0.777. The Labute approximate surface area is 100 Å². The van der Waals surface area contributed by atoms with Crippen molar-refractivity contribution >= 4 is 11.9 Å². The zero-order valence-corrected chi connectivity index (χ0v) is 10.2. The number of carboxylic acids is 1. The molecule has 1 atom stereocenters. The van der Waals surface area contributed by atoms with Crippen LogP contribution in [-0.4, -0.2) is 34.7 Å². The molecule has 1 aromatic rings. The molecule has 0 radical (unpaired) electrons. The van der Waals surface area contributed by atoms with Gasteiger partial charge in [0.05, 0.1) is 13.0 Å². The van der Waals surface area contributed by atoms with E-state index in [-0.39, 0.29) is 5.92 Å². The largest absolute Gasteiger partial charge is 0.481 e. The normalized spacial score (nSPS) is 12.2. The molecule has 2 N–H and O–H groups in total. The van der Waals surface area contributed by atoms with Crippen molar-refractivity contribution in [2.24, 2.45) is 11.8 Å². The third-order valence-corrected chi connectivity index (χ3v) is 2.44. The lowest BCUT2D eigenvalue weighted by molar-refractivity contribution is -0.142. The monoisotopic (exact) mass is 239 g/mol. The Morgan fingerprint density at radius 1 is 1.59 bits per heavy atom. The highest BCUT2D eigenvalue weighted by Gasteiger charge is 2.21. The average molecular weight is 239 g/mol. The molecule has 6 heteroatoms. The predicted octanol–water partition coefficient (Wildman–Crippen LogP) is 1.25. The number of nitrogens with zero attached hydrogens (tertiary/aromatic N) is 2. The fraction of sp³-hybridized carbons (Fsp3) is 0.545. The van der Waals surface area contributed by atoms with E-state index in [1.807, 2.05) is 13.8 Å². The summed E-state index contributed by atoms with van der Waals surface area (Å²) in [6, 6.07) is 1.63. The first-order chi connectivity index (χ1) is 8.04. The summed E-state index contributed by atoms with van der Waals surface area (Å²) < 4.78 is 4.95. The molecule has 0 amide bonds. The number of aliphatic carboxylic acids is 1. The Morgan fingerprint density at radius 3 is 2.82 bits per heavy atom. The van der Waals surface area contributed by atoms with E-state index in [9.17, 15) is 4.79 Å². The van der Waals surface area contributed by atoms with Crippen molar-refractivity contribution in [2.75, 3.05) is 19.0 Å². The predicted molar refractivity (Wildman–Crippen MR) is 63.0 cm³/mol. The third-order valence-electron chi connectivity index (χ3n) is 2.44. The molecule has 0 fully saturated rings.